The third kappa shape index (κ3) is 4.27. The second-order valence-corrected chi connectivity index (χ2v) is 4.17. The van der Waals surface area contributed by atoms with E-state index >= 15 is 0 Å². The fraction of sp³-hybridized carbons (Fsp3) is 0.583. The summed E-state index contributed by atoms with van der Waals surface area (Å²) in [6.45, 7) is 2.96. The molecule has 1 aliphatic rings. The Hall–Kier alpha value is -1.50. The lowest BCUT2D eigenvalue weighted by Gasteiger charge is -2.26. The maximum atomic E-state index is 12.0. The predicted octanol–water partition coefficient (Wildman–Crippen LogP) is 2.44. The highest BCUT2D eigenvalue weighted by molar-refractivity contribution is 5.83. The van der Waals surface area contributed by atoms with Crippen molar-refractivity contribution >= 4 is 5.97 Å². The van der Waals surface area contributed by atoms with Crippen molar-refractivity contribution in [3.8, 4) is 0 Å². The molecule has 0 saturated heterocycles. The van der Waals surface area contributed by atoms with Crippen molar-refractivity contribution in [1.82, 2.24) is 0 Å². The van der Waals surface area contributed by atoms with Crippen molar-refractivity contribution in [2.24, 2.45) is 0 Å². The molecule has 1 rings (SSSR count). The summed E-state index contributed by atoms with van der Waals surface area (Å²) in [5.74, 6) is -1.08. The number of halogens is 3. The highest BCUT2D eigenvalue weighted by Crippen LogP contribution is 2.31. The molecule has 19 heavy (non-hydrogen) atoms. The minimum absolute atomic E-state index is 0.0408. The van der Waals surface area contributed by atoms with E-state index in [2.05, 4.69) is 4.74 Å². The first kappa shape index (κ1) is 15.6. The molecule has 7 heteroatoms. The molecular weight excluding hydrogens is 265 g/mol. The van der Waals surface area contributed by atoms with Gasteiger partial charge in [-0.2, -0.15) is 0 Å². The molecule has 0 aromatic carbocycles. The zero-order valence-corrected chi connectivity index (χ0v) is 10.6. The summed E-state index contributed by atoms with van der Waals surface area (Å²) in [7, 11) is 0. The first-order valence-corrected chi connectivity index (χ1v) is 5.72. The Morgan fingerprint density at radius 2 is 2.00 bits per heavy atom. The predicted molar refractivity (Wildman–Crippen MR) is 59.8 cm³/mol. The molecule has 1 atom stereocenters. The van der Waals surface area contributed by atoms with Gasteiger partial charge in [-0.05, 0) is 31.9 Å². The molecule has 0 fully saturated rings. The average Bonchev–Trinajstić information content (AvgIpc) is 2.27. The minimum atomic E-state index is -4.74. The van der Waals surface area contributed by atoms with Crippen LogP contribution in [0.5, 0.6) is 0 Å². The van der Waals surface area contributed by atoms with Crippen molar-refractivity contribution in [3.63, 3.8) is 0 Å². The van der Waals surface area contributed by atoms with E-state index in [0.29, 0.717) is 5.57 Å². The van der Waals surface area contributed by atoms with Crippen LogP contribution in [0.4, 0.5) is 13.2 Å². The first-order valence-electron chi connectivity index (χ1n) is 5.72. The van der Waals surface area contributed by atoms with E-state index < -0.39 is 17.9 Å². The molecule has 0 amide bonds. The molecule has 4 nitrogen and oxygen atoms in total. The number of hydrogen-bond donors (Lipinski definition) is 1. The van der Waals surface area contributed by atoms with E-state index in [1.54, 1.807) is 6.92 Å². The molecule has 0 aromatic heterocycles. The Kier molecular flexibility index (Phi) is 4.62. The van der Waals surface area contributed by atoms with Crippen molar-refractivity contribution in [3.05, 3.63) is 23.5 Å². The molecular formula is C12H15F3O4. The molecule has 1 N–H and O–H groups in total. The van der Waals surface area contributed by atoms with E-state index in [9.17, 15) is 23.1 Å². The van der Waals surface area contributed by atoms with Crippen LogP contribution in [0.3, 0.4) is 0 Å². The van der Waals surface area contributed by atoms with Gasteiger partial charge in [0, 0.05) is 6.42 Å². The summed E-state index contributed by atoms with van der Waals surface area (Å²) in [6.07, 6.45) is -2.34. The zero-order valence-electron chi connectivity index (χ0n) is 10.6. The van der Waals surface area contributed by atoms with E-state index in [4.69, 9.17) is 4.74 Å². The minimum Gasteiger partial charge on any atom is -0.464 e. The molecule has 0 spiro atoms. The molecule has 0 aliphatic heterocycles. The topological polar surface area (TPSA) is 55.8 Å². The summed E-state index contributed by atoms with van der Waals surface area (Å²) in [4.78, 5) is 11.5. The van der Waals surface area contributed by atoms with Gasteiger partial charge in [0.05, 0.1) is 6.61 Å². The van der Waals surface area contributed by atoms with Gasteiger partial charge in [0.1, 0.15) is 5.76 Å². The third-order valence-corrected chi connectivity index (χ3v) is 2.66. The molecule has 1 unspecified atom stereocenters. The molecule has 1 aliphatic carbocycles. The molecule has 0 saturated carbocycles. The van der Waals surface area contributed by atoms with Crippen molar-refractivity contribution in [2.75, 3.05) is 6.61 Å². The Morgan fingerprint density at radius 1 is 1.37 bits per heavy atom. The second kappa shape index (κ2) is 5.64. The third-order valence-electron chi connectivity index (χ3n) is 2.66. The van der Waals surface area contributed by atoms with E-state index in [1.165, 1.54) is 13.0 Å². The van der Waals surface area contributed by atoms with Crippen LogP contribution in [0.2, 0.25) is 0 Å². The highest BCUT2D eigenvalue weighted by atomic mass is 19.4. The zero-order chi connectivity index (χ0) is 14.7. The highest BCUT2D eigenvalue weighted by Gasteiger charge is 2.38. The van der Waals surface area contributed by atoms with Gasteiger partial charge in [-0.3, -0.25) is 0 Å². The monoisotopic (exact) mass is 280 g/mol. The normalized spacial score (nSPS) is 19.1. The van der Waals surface area contributed by atoms with E-state index in [-0.39, 0.29) is 25.2 Å². The maximum absolute atomic E-state index is 12.0. The van der Waals surface area contributed by atoms with Crippen LogP contribution in [-0.2, 0) is 14.3 Å². The van der Waals surface area contributed by atoms with Crippen molar-refractivity contribution in [2.45, 2.75) is 38.7 Å². The van der Waals surface area contributed by atoms with Crippen molar-refractivity contribution in [1.29, 1.82) is 0 Å². The fourth-order valence-corrected chi connectivity index (χ4v) is 1.66. The summed E-state index contributed by atoms with van der Waals surface area (Å²) >= 11 is 0. The first-order chi connectivity index (χ1) is 8.66. The fourth-order valence-electron chi connectivity index (χ4n) is 1.66. The quantitative estimate of drug-likeness (QED) is 0.804. The molecule has 0 aromatic rings. The van der Waals surface area contributed by atoms with E-state index in [0.717, 1.165) is 6.08 Å². The van der Waals surface area contributed by atoms with Crippen LogP contribution in [0.1, 0.15) is 26.7 Å². The maximum Gasteiger partial charge on any atom is 0.572 e. The van der Waals surface area contributed by atoms with Gasteiger partial charge in [0.2, 0.25) is 0 Å². The number of ether oxygens (including phenoxy) is 2. The lowest BCUT2D eigenvalue weighted by atomic mass is 9.89. The van der Waals surface area contributed by atoms with Gasteiger partial charge in [-0.25, -0.2) is 4.79 Å². The van der Waals surface area contributed by atoms with Gasteiger partial charge in [-0.1, -0.05) is 6.08 Å². The summed E-state index contributed by atoms with van der Waals surface area (Å²) in [5, 5.41) is 10.0. The van der Waals surface area contributed by atoms with E-state index in [1.807, 2.05) is 0 Å². The van der Waals surface area contributed by atoms with Gasteiger partial charge in [-0.15, -0.1) is 13.2 Å². The smallest absolute Gasteiger partial charge is 0.464 e. The van der Waals surface area contributed by atoms with Crippen LogP contribution >= 0.6 is 0 Å². The second-order valence-electron chi connectivity index (χ2n) is 4.17. The lowest BCUT2D eigenvalue weighted by molar-refractivity contribution is -0.306. The number of carbonyl (C=O) groups is 1. The number of aliphatic hydroxyl groups is 1. The largest absolute Gasteiger partial charge is 0.572 e. The van der Waals surface area contributed by atoms with Crippen LogP contribution in [0.15, 0.2) is 23.5 Å². The molecule has 0 heterocycles. The van der Waals surface area contributed by atoms with Crippen LogP contribution in [-0.4, -0.2) is 29.6 Å². The summed E-state index contributed by atoms with van der Waals surface area (Å²) < 4.78 is 44.4. The Labute approximate surface area is 108 Å². The average molecular weight is 280 g/mol. The number of carbonyl (C=O) groups excluding carboxylic acids is 1. The van der Waals surface area contributed by atoms with Gasteiger partial charge < -0.3 is 14.6 Å². The Balaban J connectivity index is 2.80. The molecule has 0 bridgehead atoms. The molecule has 0 radical (unpaired) electrons. The SMILES string of the molecule is CCOC(=O)C(C)(O)C1=CC=C(OC(F)(F)F)CC1. The number of esters is 1. The number of hydrogen-bond acceptors (Lipinski definition) is 4. The van der Waals surface area contributed by atoms with Gasteiger partial charge in [0.15, 0.2) is 5.60 Å². The Morgan fingerprint density at radius 3 is 2.42 bits per heavy atom. The lowest BCUT2D eigenvalue weighted by Crippen LogP contribution is -2.39. The standard InChI is InChI=1S/C12H15F3O4/c1-3-18-10(16)11(2,17)8-4-6-9(7-5-8)19-12(13,14)15/h4,6,17H,3,5,7H2,1-2H3. The number of allylic oxidation sites excluding steroid dienone is 3. The number of alkyl halides is 3. The van der Waals surface area contributed by atoms with Crippen LogP contribution in [0.25, 0.3) is 0 Å². The van der Waals surface area contributed by atoms with Crippen LogP contribution in [0, 0.1) is 0 Å². The van der Waals surface area contributed by atoms with Gasteiger partial charge >= 0.3 is 12.3 Å². The summed E-state index contributed by atoms with van der Waals surface area (Å²) in [5.41, 5.74) is -1.54. The van der Waals surface area contributed by atoms with Crippen molar-refractivity contribution < 1.29 is 32.5 Å². The Bertz CT molecular complexity index is 408. The number of rotatable bonds is 4. The molecule has 108 valence electrons. The van der Waals surface area contributed by atoms with Crippen LogP contribution < -0.4 is 0 Å². The summed E-state index contributed by atoms with van der Waals surface area (Å²) in [6, 6.07) is 0. The van der Waals surface area contributed by atoms with Gasteiger partial charge in [0.25, 0.3) is 0 Å².